The largest absolute Gasteiger partial charge is 0.345 e. The number of anilines is 1. The molecule has 1 aliphatic heterocycles. The average Bonchev–Trinajstić information content (AvgIpc) is 2.86. The summed E-state index contributed by atoms with van der Waals surface area (Å²) in [4.78, 5) is 10.3. The third-order valence-electron chi connectivity index (χ3n) is 3.22. The zero-order valence-electron chi connectivity index (χ0n) is 9.88. The van der Waals surface area contributed by atoms with Gasteiger partial charge in [-0.1, -0.05) is 0 Å². The lowest BCUT2D eigenvalue weighted by Crippen LogP contribution is -2.35. The Balaban J connectivity index is 1.93. The lowest BCUT2D eigenvalue weighted by molar-refractivity contribution is 0.533. The Kier molecular flexibility index (Phi) is 2.71. The minimum Gasteiger partial charge on any atom is -0.345 e. The molecule has 3 rings (SSSR count). The molecule has 0 atom stereocenters. The van der Waals surface area contributed by atoms with Crippen molar-refractivity contribution in [1.82, 2.24) is 14.5 Å². The van der Waals surface area contributed by atoms with E-state index in [1.807, 2.05) is 11.1 Å². The van der Waals surface area contributed by atoms with Gasteiger partial charge >= 0.3 is 0 Å². The number of rotatable bonds is 2. The number of fused-ring (bicyclic) bond motifs is 1. The molecule has 0 saturated heterocycles. The first-order valence-electron chi connectivity index (χ1n) is 5.88. The molecule has 18 heavy (non-hydrogen) atoms. The second kappa shape index (κ2) is 4.38. The van der Waals surface area contributed by atoms with Crippen LogP contribution in [0.4, 0.5) is 10.2 Å². The van der Waals surface area contributed by atoms with Crippen LogP contribution in [0.25, 0.3) is 0 Å². The van der Waals surface area contributed by atoms with E-state index in [9.17, 15) is 4.39 Å². The van der Waals surface area contributed by atoms with Gasteiger partial charge in [0.15, 0.2) is 11.6 Å². The third kappa shape index (κ3) is 1.74. The van der Waals surface area contributed by atoms with Crippen molar-refractivity contribution in [2.75, 3.05) is 11.4 Å². The van der Waals surface area contributed by atoms with Crippen molar-refractivity contribution < 1.29 is 4.39 Å². The summed E-state index contributed by atoms with van der Waals surface area (Å²) in [5.74, 6) is 0.979. The molecule has 2 aromatic heterocycles. The summed E-state index contributed by atoms with van der Waals surface area (Å²) < 4.78 is 16.2. The molecule has 5 nitrogen and oxygen atoms in total. The SMILES string of the molecule is NCc1ccnc(N2CCn3ccnc3C2)c1F. The predicted octanol–water partition coefficient (Wildman–Crippen LogP) is 0.896. The number of hydrogen-bond donors (Lipinski definition) is 1. The highest BCUT2D eigenvalue weighted by Crippen LogP contribution is 2.23. The minimum absolute atomic E-state index is 0.184. The normalized spacial score (nSPS) is 14.7. The van der Waals surface area contributed by atoms with E-state index in [1.54, 1.807) is 18.5 Å². The Morgan fingerprint density at radius 3 is 3.00 bits per heavy atom. The van der Waals surface area contributed by atoms with Crippen LogP contribution in [0, 0.1) is 5.82 Å². The second-order valence-corrected chi connectivity index (χ2v) is 4.27. The van der Waals surface area contributed by atoms with E-state index in [0.29, 0.717) is 17.9 Å². The van der Waals surface area contributed by atoms with Crippen molar-refractivity contribution in [2.45, 2.75) is 19.6 Å². The molecule has 2 aromatic rings. The standard InChI is InChI=1S/C12H14FN5/c13-11-9(7-14)1-2-16-12(11)18-6-5-17-4-3-15-10(17)8-18/h1-4H,5-8,14H2. The Bertz CT molecular complexity index is 565. The molecule has 94 valence electrons. The van der Waals surface area contributed by atoms with E-state index in [-0.39, 0.29) is 12.4 Å². The molecule has 0 spiro atoms. The minimum atomic E-state index is -0.319. The van der Waals surface area contributed by atoms with Crippen LogP contribution in [0.5, 0.6) is 0 Å². The van der Waals surface area contributed by atoms with E-state index in [0.717, 1.165) is 18.9 Å². The third-order valence-corrected chi connectivity index (χ3v) is 3.22. The zero-order valence-corrected chi connectivity index (χ0v) is 9.88. The van der Waals surface area contributed by atoms with Crippen LogP contribution in [0.1, 0.15) is 11.4 Å². The van der Waals surface area contributed by atoms with Gasteiger partial charge < -0.3 is 15.2 Å². The van der Waals surface area contributed by atoms with E-state index in [2.05, 4.69) is 14.5 Å². The number of halogens is 1. The molecule has 0 aromatic carbocycles. The molecule has 0 radical (unpaired) electrons. The second-order valence-electron chi connectivity index (χ2n) is 4.27. The van der Waals surface area contributed by atoms with Gasteiger partial charge in [0.2, 0.25) is 0 Å². The van der Waals surface area contributed by atoms with Gasteiger partial charge in [0.25, 0.3) is 0 Å². The van der Waals surface area contributed by atoms with E-state index in [4.69, 9.17) is 5.73 Å². The highest BCUT2D eigenvalue weighted by Gasteiger charge is 2.21. The Morgan fingerprint density at radius 2 is 2.17 bits per heavy atom. The van der Waals surface area contributed by atoms with E-state index >= 15 is 0 Å². The van der Waals surface area contributed by atoms with E-state index < -0.39 is 0 Å². The number of hydrogen-bond acceptors (Lipinski definition) is 4. The van der Waals surface area contributed by atoms with Gasteiger partial charge in [-0.15, -0.1) is 0 Å². The molecule has 0 saturated carbocycles. The molecule has 0 fully saturated rings. The number of imidazole rings is 1. The fraction of sp³-hybridized carbons (Fsp3) is 0.333. The first kappa shape index (κ1) is 11.2. The molecule has 1 aliphatic rings. The molecule has 6 heteroatoms. The van der Waals surface area contributed by atoms with Crippen molar-refractivity contribution in [3.8, 4) is 0 Å². The van der Waals surface area contributed by atoms with Crippen molar-refractivity contribution in [2.24, 2.45) is 5.73 Å². The smallest absolute Gasteiger partial charge is 0.170 e. The summed E-state index contributed by atoms with van der Waals surface area (Å²) in [6, 6.07) is 1.61. The van der Waals surface area contributed by atoms with Crippen LogP contribution in [0.15, 0.2) is 24.7 Å². The summed E-state index contributed by atoms with van der Waals surface area (Å²) in [6.45, 7) is 2.28. The van der Waals surface area contributed by atoms with Gasteiger partial charge in [-0.05, 0) is 6.07 Å². The maximum atomic E-state index is 14.1. The van der Waals surface area contributed by atoms with E-state index in [1.165, 1.54) is 0 Å². The van der Waals surface area contributed by atoms with Crippen LogP contribution < -0.4 is 10.6 Å². The summed E-state index contributed by atoms with van der Waals surface area (Å²) in [6.07, 6.45) is 5.30. The van der Waals surface area contributed by atoms with Gasteiger partial charge in [-0.2, -0.15) is 0 Å². The summed E-state index contributed by atoms with van der Waals surface area (Å²) in [7, 11) is 0. The molecule has 0 aliphatic carbocycles. The molecule has 0 unspecified atom stereocenters. The van der Waals surface area contributed by atoms with Crippen molar-refractivity contribution in [1.29, 1.82) is 0 Å². The number of nitrogens with two attached hydrogens (primary N) is 1. The van der Waals surface area contributed by atoms with Gasteiger partial charge in [0.1, 0.15) is 5.82 Å². The topological polar surface area (TPSA) is 60.0 Å². The van der Waals surface area contributed by atoms with Crippen LogP contribution in [0.3, 0.4) is 0 Å². The lowest BCUT2D eigenvalue weighted by Gasteiger charge is -2.29. The average molecular weight is 247 g/mol. The summed E-state index contributed by atoms with van der Waals surface area (Å²) in [5, 5.41) is 0. The van der Waals surface area contributed by atoms with Crippen LogP contribution in [-0.4, -0.2) is 21.1 Å². The van der Waals surface area contributed by atoms with Crippen molar-refractivity contribution >= 4 is 5.82 Å². The van der Waals surface area contributed by atoms with Crippen molar-refractivity contribution in [3.63, 3.8) is 0 Å². The Hall–Kier alpha value is -1.95. The highest BCUT2D eigenvalue weighted by molar-refractivity contribution is 5.43. The Morgan fingerprint density at radius 1 is 1.28 bits per heavy atom. The first-order valence-corrected chi connectivity index (χ1v) is 5.88. The van der Waals surface area contributed by atoms with Gasteiger partial charge in [0.05, 0.1) is 6.54 Å². The van der Waals surface area contributed by atoms with Crippen molar-refractivity contribution in [3.05, 3.63) is 41.9 Å². The monoisotopic (exact) mass is 247 g/mol. The van der Waals surface area contributed by atoms with Crippen LogP contribution in [-0.2, 0) is 19.6 Å². The highest BCUT2D eigenvalue weighted by atomic mass is 19.1. The number of nitrogens with zero attached hydrogens (tertiary/aromatic N) is 4. The molecular weight excluding hydrogens is 233 g/mol. The zero-order chi connectivity index (χ0) is 12.5. The summed E-state index contributed by atoms with van der Waals surface area (Å²) >= 11 is 0. The van der Waals surface area contributed by atoms with Crippen LogP contribution >= 0.6 is 0 Å². The molecule has 0 amide bonds. The number of aromatic nitrogens is 3. The molecular formula is C12H14FN5. The fourth-order valence-electron chi connectivity index (χ4n) is 2.20. The molecule has 2 N–H and O–H groups in total. The van der Waals surface area contributed by atoms with Gasteiger partial charge in [0, 0.05) is 43.8 Å². The van der Waals surface area contributed by atoms with Gasteiger partial charge in [-0.25, -0.2) is 14.4 Å². The van der Waals surface area contributed by atoms with Crippen LogP contribution in [0.2, 0.25) is 0 Å². The maximum Gasteiger partial charge on any atom is 0.170 e. The maximum absolute atomic E-state index is 14.1. The van der Waals surface area contributed by atoms with Gasteiger partial charge in [-0.3, -0.25) is 0 Å². The Labute approximate surface area is 104 Å². The predicted molar refractivity (Wildman–Crippen MR) is 65.4 cm³/mol. The lowest BCUT2D eigenvalue weighted by atomic mass is 10.2. The quantitative estimate of drug-likeness (QED) is 0.856. The number of pyridine rings is 1. The first-order chi connectivity index (χ1) is 8.79. The fourth-order valence-corrected chi connectivity index (χ4v) is 2.20. The molecule has 3 heterocycles. The molecule has 0 bridgehead atoms. The summed E-state index contributed by atoms with van der Waals surface area (Å²) in [5.41, 5.74) is 6.00.